The van der Waals surface area contributed by atoms with Crippen molar-refractivity contribution in [3.05, 3.63) is 75.1 Å². The van der Waals surface area contributed by atoms with E-state index in [1.54, 1.807) is 0 Å². The maximum absolute atomic E-state index is 15.1. The predicted molar refractivity (Wildman–Crippen MR) is 122 cm³/mol. The lowest BCUT2D eigenvalue weighted by molar-refractivity contribution is 0.317. The topological polar surface area (TPSA) is 38.1 Å². The quantitative estimate of drug-likeness (QED) is 0.532. The van der Waals surface area contributed by atoms with E-state index in [0.29, 0.717) is 23.9 Å². The van der Waals surface area contributed by atoms with Crippen molar-refractivity contribution in [3.8, 4) is 0 Å². The molecule has 31 heavy (non-hydrogen) atoms. The Balaban J connectivity index is 1.51. The highest BCUT2D eigenvalue weighted by Crippen LogP contribution is 2.40. The third kappa shape index (κ3) is 4.16. The van der Waals surface area contributed by atoms with Gasteiger partial charge in [-0.25, -0.2) is 4.39 Å². The van der Waals surface area contributed by atoms with E-state index < -0.39 is 0 Å². The van der Waals surface area contributed by atoms with E-state index in [-0.39, 0.29) is 11.2 Å². The van der Waals surface area contributed by atoms with Crippen molar-refractivity contribution in [1.82, 2.24) is 14.5 Å². The van der Waals surface area contributed by atoms with Crippen LogP contribution in [0.1, 0.15) is 72.9 Å². The maximum Gasteiger partial charge on any atom is 0.193 e. The summed E-state index contributed by atoms with van der Waals surface area (Å²) in [4.78, 5) is 19.7. The van der Waals surface area contributed by atoms with Crippen LogP contribution in [0.3, 0.4) is 0 Å². The molecule has 2 aromatic heterocycles. The molecule has 0 atom stereocenters. The molecule has 0 aliphatic heterocycles. The standard InChI is InChI=1S/C26H30FN3O/c1-17-11-18(9-10-28-17)14-29(2)15-20-16-30(21-7-8-21)25-13-22(19-5-3-4-6-19)24(27)12-23(25)26(20)31/h9-13,16,19,21H,3-8,14-15H2,1-2H3. The van der Waals surface area contributed by atoms with Crippen LogP contribution in [0.2, 0.25) is 0 Å². The first kappa shape index (κ1) is 20.4. The van der Waals surface area contributed by atoms with E-state index in [2.05, 4.69) is 20.5 Å². The van der Waals surface area contributed by atoms with Gasteiger partial charge in [-0.2, -0.15) is 0 Å². The van der Waals surface area contributed by atoms with Crippen LogP contribution in [0.15, 0.2) is 41.5 Å². The normalized spacial score (nSPS) is 17.2. The molecule has 2 heterocycles. The maximum atomic E-state index is 15.1. The van der Waals surface area contributed by atoms with Gasteiger partial charge in [-0.15, -0.1) is 0 Å². The first-order chi connectivity index (χ1) is 15.0. The minimum absolute atomic E-state index is 0.0402. The van der Waals surface area contributed by atoms with Gasteiger partial charge < -0.3 is 4.57 Å². The minimum atomic E-state index is -0.211. The second-order valence-electron chi connectivity index (χ2n) is 9.47. The number of pyridine rings is 2. The highest BCUT2D eigenvalue weighted by Gasteiger charge is 2.28. The highest BCUT2D eigenvalue weighted by atomic mass is 19.1. The van der Waals surface area contributed by atoms with Crippen LogP contribution in [-0.2, 0) is 13.1 Å². The Morgan fingerprint density at radius 2 is 1.90 bits per heavy atom. The number of fused-ring (bicyclic) bond motifs is 1. The molecule has 0 saturated heterocycles. The zero-order valence-electron chi connectivity index (χ0n) is 18.4. The Morgan fingerprint density at radius 1 is 1.13 bits per heavy atom. The molecule has 1 aromatic carbocycles. The summed E-state index contributed by atoms with van der Waals surface area (Å²) in [6.07, 6.45) is 10.5. The number of benzene rings is 1. The van der Waals surface area contributed by atoms with E-state index >= 15 is 4.39 Å². The summed E-state index contributed by atoms with van der Waals surface area (Å²) in [5.41, 5.74) is 4.57. The van der Waals surface area contributed by atoms with Crippen LogP contribution >= 0.6 is 0 Å². The fraction of sp³-hybridized carbons (Fsp3) is 0.462. The summed E-state index contributed by atoms with van der Waals surface area (Å²) in [5, 5.41) is 0.525. The molecule has 0 bridgehead atoms. The van der Waals surface area contributed by atoms with Crippen LogP contribution in [0.25, 0.3) is 10.9 Å². The number of hydrogen-bond donors (Lipinski definition) is 0. The molecule has 0 radical (unpaired) electrons. The molecule has 0 amide bonds. The first-order valence-corrected chi connectivity index (χ1v) is 11.5. The molecular weight excluding hydrogens is 389 g/mol. The number of nitrogens with zero attached hydrogens (tertiary/aromatic N) is 3. The zero-order chi connectivity index (χ0) is 21.5. The number of rotatable bonds is 6. The van der Waals surface area contributed by atoms with E-state index in [9.17, 15) is 4.79 Å². The van der Waals surface area contributed by atoms with Crippen molar-refractivity contribution < 1.29 is 4.39 Å². The van der Waals surface area contributed by atoms with Crippen LogP contribution < -0.4 is 5.43 Å². The molecule has 4 nitrogen and oxygen atoms in total. The molecule has 3 aromatic rings. The number of aryl methyl sites for hydroxylation is 1. The molecule has 5 heteroatoms. The average Bonchev–Trinajstić information content (AvgIpc) is 3.43. The first-order valence-electron chi connectivity index (χ1n) is 11.5. The summed E-state index contributed by atoms with van der Waals surface area (Å²) < 4.78 is 17.3. The fourth-order valence-corrected chi connectivity index (χ4v) is 5.12. The predicted octanol–water partition coefficient (Wildman–Crippen LogP) is 5.47. The van der Waals surface area contributed by atoms with Gasteiger partial charge >= 0.3 is 0 Å². The van der Waals surface area contributed by atoms with Gasteiger partial charge in [-0.05, 0) is 81.0 Å². The SMILES string of the molecule is Cc1cc(CN(C)Cc2cn(C3CC3)c3cc(C4CCCC4)c(F)cc3c2=O)ccn1. The van der Waals surface area contributed by atoms with Gasteiger partial charge in [0.15, 0.2) is 5.43 Å². The fourth-order valence-electron chi connectivity index (χ4n) is 5.12. The molecule has 2 aliphatic carbocycles. The monoisotopic (exact) mass is 419 g/mol. The lowest BCUT2D eigenvalue weighted by Crippen LogP contribution is -2.24. The zero-order valence-corrected chi connectivity index (χ0v) is 18.4. The number of hydrogen-bond acceptors (Lipinski definition) is 3. The summed E-state index contributed by atoms with van der Waals surface area (Å²) in [5.74, 6) is 0.0818. The van der Waals surface area contributed by atoms with Gasteiger partial charge in [-0.3, -0.25) is 14.7 Å². The molecule has 2 aliphatic rings. The van der Waals surface area contributed by atoms with Gasteiger partial charge in [0.2, 0.25) is 0 Å². The van der Waals surface area contributed by atoms with Crippen LogP contribution in [-0.4, -0.2) is 21.5 Å². The summed E-state index contributed by atoms with van der Waals surface area (Å²) in [7, 11) is 2.02. The van der Waals surface area contributed by atoms with Crippen molar-refractivity contribution in [1.29, 1.82) is 0 Å². The van der Waals surface area contributed by atoms with Gasteiger partial charge in [0.1, 0.15) is 5.82 Å². The summed E-state index contributed by atoms with van der Waals surface area (Å²) in [6.45, 7) is 3.25. The van der Waals surface area contributed by atoms with Gasteiger partial charge in [-0.1, -0.05) is 12.8 Å². The molecule has 2 fully saturated rings. The van der Waals surface area contributed by atoms with Crippen molar-refractivity contribution in [3.63, 3.8) is 0 Å². The summed E-state index contributed by atoms with van der Waals surface area (Å²) >= 11 is 0. The van der Waals surface area contributed by atoms with Crippen molar-refractivity contribution >= 4 is 10.9 Å². The third-order valence-corrected chi connectivity index (χ3v) is 6.81. The summed E-state index contributed by atoms with van der Waals surface area (Å²) in [6, 6.07) is 8.00. The highest BCUT2D eigenvalue weighted by molar-refractivity contribution is 5.81. The van der Waals surface area contributed by atoms with E-state index in [0.717, 1.165) is 54.6 Å². The Kier molecular flexibility index (Phi) is 5.39. The van der Waals surface area contributed by atoms with E-state index in [1.807, 2.05) is 38.5 Å². The van der Waals surface area contributed by atoms with Gasteiger partial charge in [0.25, 0.3) is 0 Å². The van der Waals surface area contributed by atoms with Crippen molar-refractivity contribution in [2.75, 3.05) is 7.05 Å². The van der Waals surface area contributed by atoms with Crippen LogP contribution in [0.4, 0.5) is 4.39 Å². The average molecular weight is 420 g/mol. The van der Waals surface area contributed by atoms with Gasteiger partial charge in [0, 0.05) is 48.2 Å². The lowest BCUT2D eigenvalue weighted by Gasteiger charge is -2.20. The Bertz CT molecular complexity index is 1180. The second-order valence-corrected chi connectivity index (χ2v) is 9.47. The Morgan fingerprint density at radius 3 is 2.61 bits per heavy atom. The molecule has 2 saturated carbocycles. The van der Waals surface area contributed by atoms with Crippen LogP contribution in [0.5, 0.6) is 0 Å². The second kappa shape index (κ2) is 8.19. The molecule has 0 unspecified atom stereocenters. The Labute approximate surface area is 182 Å². The van der Waals surface area contributed by atoms with Gasteiger partial charge in [0.05, 0.1) is 5.52 Å². The van der Waals surface area contributed by atoms with Crippen LogP contribution in [0, 0.1) is 12.7 Å². The molecule has 162 valence electrons. The molecule has 0 N–H and O–H groups in total. The molecule has 0 spiro atoms. The number of halogens is 1. The van der Waals surface area contributed by atoms with Crippen molar-refractivity contribution in [2.24, 2.45) is 0 Å². The largest absolute Gasteiger partial charge is 0.344 e. The van der Waals surface area contributed by atoms with E-state index in [1.165, 1.54) is 24.5 Å². The lowest BCUT2D eigenvalue weighted by atomic mass is 9.95. The van der Waals surface area contributed by atoms with E-state index in [4.69, 9.17) is 0 Å². The molecule has 5 rings (SSSR count). The molecular formula is C26H30FN3O. The number of aromatic nitrogens is 2. The Hall–Kier alpha value is -2.53. The minimum Gasteiger partial charge on any atom is -0.344 e. The smallest absolute Gasteiger partial charge is 0.193 e. The third-order valence-electron chi connectivity index (χ3n) is 6.81. The van der Waals surface area contributed by atoms with Crippen molar-refractivity contribution in [2.45, 2.75) is 70.5 Å².